The van der Waals surface area contributed by atoms with E-state index in [0.29, 0.717) is 10.6 Å². The van der Waals surface area contributed by atoms with Crippen molar-refractivity contribution < 1.29 is 19.1 Å². The van der Waals surface area contributed by atoms with Crippen molar-refractivity contribution in [3.05, 3.63) is 16.3 Å². The number of nitrogens with one attached hydrogen (secondary N) is 2. The number of ether oxygens (including phenoxy) is 2. The highest BCUT2D eigenvalue weighted by Gasteiger charge is 2.33. The molecule has 0 radical (unpaired) electrons. The van der Waals surface area contributed by atoms with Gasteiger partial charge in [0.2, 0.25) is 5.91 Å². The third-order valence-corrected chi connectivity index (χ3v) is 3.75. The zero-order chi connectivity index (χ0) is 13.9. The number of rotatable bonds is 5. The largest absolute Gasteiger partial charge is 0.465 e. The van der Waals surface area contributed by atoms with Crippen molar-refractivity contribution in [3.63, 3.8) is 0 Å². The van der Waals surface area contributed by atoms with Crippen molar-refractivity contribution in [2.75, 3.05) is 32.1 Å². The van der Waals surface area contributed by atoms with Crippen molar-refractivity contribution in [2.24, 2.45) is 0 Å². The van der Waals surface area contributed by atoms with Gasteiger partial charge in [-0.05, 0) is 18.4 Å². The molecule has 1 aromatic rings. The Morgan fingerprint density at radius 2 is 2.26 bits per heavy atom. The molecule has 1 aromatic heterocycles. The molecular formula is C12H16N2O4S. The van der Waals surface area contributed by atoms with Crippen LogP contribution in [0.3, 0.4) is 0 Å². The predicted molar refractivity (Wildman–Crippen MR) is 71.5 cm³/mol. The highest BCUT2D eigenvalue weighted by Crippen LogP contribution is 2.23. The van der Waals surface area contributed by atoms with Crippen LogP contribution in [0.4, 0.5) is 5.69 Å². The molecule has 1 aliphatic rings. The number of hydrogen-bond acceptors (Lipinski definition) is 6. The Balaban J connectivity index is 1.88. The normalized spacial score (nSPS) is 16.5. The molecule has 0 aliphatic carbocycles. The molecule has 1 amide bonds. The van der Waals surface area contributed by atoms with Gasteiger partial charge in [-0.25, -0.2) is 4.79 Å². The lowest BCUT2D eigenvalue weighted by atomic mass is 10.0. The van der Waals surface area contributed by atoms with Gasteiger partial charge in [0.15, 0.2) is 0 Å². The zero-order valence-electron chi connectivity index (χ0n) is 10.8. The number of methoxy groups -OCH3 is 1. The molecule has 7 heteroatoms. The van der Waals surface area contributed by atoms with E-state index in [9.17, 15) is 9.59 Å². The monoisotopic (exact) mass is 284 g/mol. The Morgan fingerprint density at radius 3 is 2.84 bits per heavy atom. The Kier molecular flexibility index (Phi) is 4.18. The third-order valence-electron chi connectivity index (χ3n) is 2.86. The molecule has 0 aromatic carbocycles. The molecular weight excluding hydrogens is 268 g/mol. The molecule has 1 saturated heterocycles. The standard InChI is InChI=1S/C12H16N2O4S/c1-12(6-13-7-12)18-5-9(15)14-8-3-4-19-10(8)11(16)17-2/h3-4,13H,5-7H2,1-2H3,(H,14,15). The molecule has 0 atom stereocenters. The number of anilines is 1. The molecule has 1 fully saturated rings. The minimum atomic E-state index is -0.457. The van der Waals surface area contributed by atoms with Crippen molar-refractivity contribution >= 4 is 28.9 Å². The summed E-state index contributed by atoms with van der Waals surface area (Å²) in [5, 5.41) is 7.46. The lowest BCUT2D eigenvalue weighted by Crippen LogP contribution is -2.59. The molecule has 2 heterocycles. The van der Waals surface area contributed by atoms with E-state index in [0.717, 1.165) is 13.1 Å². The summed E-state index contributed by atoms with van der Waals surface area (Å²) >= 11 is 1.22. The minimum absolute atomic E-state index is 0.0331. The summed E-state index contributed by atoms with van der Waals surface area (Å²) in [6.45, 7) is 3.40. The molecule has 0 saturated carbocycles. The summed E-state index contributed by atoms with van der Waals surface area (Å²) in [4.78, 5) is 23.6. The predicted octanol–water partition coefficient (Wildman–Crippen LogP) is 0.852. The highest BCUT2D eigenvalue weighted by molar-refractivity contribution is 7.12. The smallest absolute Gasteiger partial charge is 0.350 e. The Bertz CT molecular complexity index is 482. The fourth-order valence-corrected chi connectivity index (χ4v) is 2.43. The van der Waals surface area contributed by atoms with Gasteiger partial charge in [-0.15, -0.1) is 11.3 Å². The first kappa shape index (κ1) is 14.0. The van der Waals surface area contributed by atoms with Gasteiger partial charge < -0.3 is 20.1 Å². The van der Waals surface area contributed by atoms with Crippen molar-refractivity contribution in [1.29, 1.82) is 0 Å². The van der Waals surface area contributed by atoms with Gasteiger partial charge in [-0.2, -0.15) is 0 Å². The maximum Gasteiger partial charge on any atom is 0.350 e. The summed E-state index contributed by atoms with van der Waals surface area (Å²) in [6.07, 6.45) is 0. The molecule has 0 unspecified atom stereocenters. The Labute approximate surface area is 115 Å². The second-order valence-corrected chi connectivity index (χ2v) is 5.46. The molecule has 0 spiro atoms. The molecule has 2 rings (SSSR count). The summed E-state index contributed by atoms with van der Waals surface area (Å²) in [5.41, 5.74) is 0.194. The molecule has 104 valence electrons. The van der Waals surface area contributed by atoms with Gasteiger partial charge >= 0.3 is 5.97 Å². The summed E-state index contributed by atoms with van der Waals surface area (Å²) < 4.78 is 10.2. The number of thiophene rings is 1. The van der Waals surface area contributed by atoms with E-state index in [2.05, 4.69) is 15.4 Å². The van der Waals surface area contributed by atoms with Crippen molar-refractivity contribution in [2.45, 2.75) is 12.5 Å². The van der Waals surface area contributed by atoms with Crippen LogP contribution in [-0.2, 0) is 14.3 Å². The fourth-order valence-electron chi connectivity index (χ4n) is 1.66. The number of esters is 1. The molecule has 2 N–H and O–H groups in total. The van der Waals surface area contributed by atoms with Gasteiger partial charge in [0.1, 0.15) is 11.5 Å². The quantitative estimate of drug-likeness (QED) is 0.784. The Morgan fingerprint density at radius 1 is 1.53 bits per heavy atom. The second-order valence-electron chi connectivity index (χ2n) is 4.55. The topological polar surface area (TPSA) is 76.7 Å². The highest BCUT2D eigenvalue weighted by atomic mass is 32.1. The van der Waals surface area contributed by atoms with Crippen LogP contribution in [0.2, 0.25) is 0 Å². The van der Waals surface area contributed by atoms with Gasteiger partial charge in [-0.3, -0.25) is 4.79 Å². The van der Waals surface area contributed by atoms with Crippen molar-refractivity contribution in [3.8, 4) is 0 Å². The van der Waals surface area contributed by atoms with Crippen molar-refractivity contribution in [1.82, 2.24) is 5.32 Å². The van der Waals surface area contributed by atoms with E-state index in [1.165, 1.54) is 18.4 Å². The third kappa shape index (κ3) is 3.31. The van der Waals surface area contributed by atoms with Crippen LogP contribution < -0.4 is 10.6 Å². The SMILES string of the molecule is COC(=O)c1sccc1NC(=O)COC1(C)CNC1. The number of amides is 1. The van der Waals surface area contributed by atoms with Crippen LogP contribution in [0.1, 0.15) is 16.6 Å². The molecule has 19 heavy (non-hydrogen) atoms. The van der Waals surface area contributed by atoms with Gasteiger partial charge in [0.05, 0.1) is 18.4 Å². The second kappa shape index (κ2) is 5.68. The minimum Gasteiger partial charge on any atom is -0.465 e. The maximum absolute atomic E-state index is 11.8. The van der Waals surface area contributed by atoms with Gasteiger partial charge in [0, 0.05) is 13.1 Å². The lowest BCUT2D eigenvalue weighted by Gasteiger charge is -2.38. The average molecular weight is 284 g/mol. The lowest BCUT2D eigenvalue weighted by molar-refractivity contribution is -0.130. The van der Waals surface area contributed by atoms with Crippen LogP contribution >= 0.6 is 11.3 Å². The van der Waals surface area contributed by atoms with E-state index in [-0.39, 0.29) is 18.1 Å². The average Bonchev–Trinajstić information content (AvgIpc) is 2.81. The zero-order valence-corrected chi connectivity index (χ0v) is 11.6. The van der Waals surface area contributed by atoms with E-state index < -0.39 is 5.97 Å². The number of hydrogen-bond donors (Lipinski definition) is 2. The molecule has 6 nitrogen and oxygen atoms in total. The summed E-state index contributed by atoms with van der Waals surface area (Å²) in [7, 11) is 1.31. The van der Waals surface area contributed by atoms with Crippen LogP contribution in [-0.4, -0.2) is 44.3 Å². The first-order valence-corrected chi connectivity index (χ1v) is 6.72. The fraction of sp³-hybridized carbons (Fsp3) is 0.500. The van der Waals surface area contributed by atoms with Gasteiger partial charge in [0.25, 0.3) is 0 Å². The van der Waals surface area contributed by atoms with Crippen LogP contribution in [0.5, 0.6) is 0 Å². The summed E-state index contributed by atoms with van der Waals surface area (Å²) in [5.74, 6) is -0.738. The Hall–Kier alpha value is -1.44. The van der Waals surface area contributed by atoms with Gasteiger partial charge in [-0.1, -0.05) is 0 Å². The van der Waals surface area contributed by atoms with E-state index in [4.69, 9.17) is 4.74 Å². The molecule has 0 bridgehead atoms. The van der Waals surface area contributed by atoms with Crippen LogP contribution in [0, 0.1) is 0 Å². The van der Waals surface area contributed by atoms with E-state index >= 15 is 0 Å². The first-order valence-electron chi connectivity index (χ1n) is 5.84. The van der Waals surface area contributed by atoms with E-state index in [1.54, 1.807) is 11.4 Å². The summed E-state index contributed by atoms with van der Waals surface area (Å²) in [6, 6.07) is 1.67. The molecule has 1 aliphatic heterocycles. The maximum atomic E-state index is 11.8. The van der Waals surface area contributed by atoms with Crippen LogP contribution in [0.25, 0.3) is 0 Å². The number of carbonyl (C=O) groups is 2. The van der Waals surface area contributed by atoms with Crippen LogP contribution in [0.15, 0.2) is 11.4 Å². The van der Waals surface area contributed by atoms with E-state index in [1.807, 2.05) is 6.92 Å². The number of carbonyl (C=O) groups excluding carboxylic acids is 2. The first-order chi connectivity index (χ1) is 9.04.